The van der Waals surface area contributed by atoms with Crippen molar-refractivity contribution < 1.29 is 24.9 Å². The Hall–Kier alpha value is -1.76. The predicted octanol–water partition coefficient (Wildman–Crippen LogP) is 2.91. The summed E-state index contributed by atoms with van der Waals surface area (Å²) in [6.45, 7) is 9.11. The van der Waals surface area contributed by atoms with Crippen LogP contribution in [0.4, 0.5) is 0 Å². The molecule has 4 aliphatic rings. The van der Waals surface area contributed by atoms with Gasteiger partial charge in [0.1, 0.15) is 17.4 Å². The van der Waals surface area contributed by atoms with Crippen molar-refractivity contribution in [3.05, 3.63) is 38.5 Å². The number of carbonyl (C=O) groups excluding carboxylic acids is 1. The molecule has 1 spiro atoms. The third-order valence-corrected chi connectivity index (χ3v) is 7.49. The van der Waals surface area contributed by atoms with Crippen molar-refractivity contribution in [3.63, 3.8) is 0 Å². The fraction of sp³-hybridized carbons (Fsp3) is 0.652. The van der Waals surface area contributed by atoms with Crippen LogP contribution in [0, 0.1) is 11.3 Å². The number of aliphatic hydroxyl groups excluding tert-OH is 2. The van der Waals surface area contributed by atoms with Gasteiger partial charge in [0.05, 0.1) is 11.5 Å². The standard InChI is InChI=1S/C23H30O6/c1-10(2)12-9-13-15(17(26)14(11(3)24)16(12)25)23-8-6-7-22(4,5)20(23)18(27)19(13)29-21(23)28/h9-10,18-21,25,27-28H,6-8H2,1-5H3/t18-,19+,20-,21-,23-/m0/s1. The Morgan fingerprint density at radius 2 is 1.90 bits per heavy atom. The summed E-state index contributed by atoms with van der Waals surface area (Å²) in [5.74, 6) is -1.35. The van der Waals surface area contributed by atoms with Crippen LogP contribution in [0.3, 0.4) is 0 Å². The van der Waals surface area contributed by atoms with Gasteiger partial charge in [-0.3, -0.25) is 9.59 Å². The van der Waals surface area contributed by atoms with Gasteiger partial charge in [-0.15, -0.1) is 0 Å². The predicted molar refractivity (Wildman–Crippen MR) is 107 cm³/mol. The number of hydrogen-bond acceptors (Lipinski definition) is 6. The molecule has 6 nitrogen and oxygen atoms in total. The first-order chi connectivity index (χ1) is 13.4. The minimum Gasteiger partial charge on any atom is -0.507 e. The van der Waals surface area contributed by atoms with E-state index in [-0.39, 0.29) is 28.6 Å². The quantitative estimate of drug-likeness (QED) is 0.657. The first-order valence-electron chi connectivity index (χ1n) is 10.4. The van der Waals surface area contributed by atoms with Crippen LogP contribution in [-0.4, -0.2) is 33.5 Å². The molecule has 2 bridgehead atoms. The molecule has 0 unspecified atom stereocenters. The van der Waals surface area contributed by atoms with Crippen molar-refractivity contribution in [3.8, 4) is 5.75 Å². The minimum absolute atomic E-state index is 0.150. The van der Waals surface area contributed by atoms with Crippen LogP contribution in [-0.2, 0) is 10.2 Å². The normalized spacial score (nSPS) is 34.6. The molecule has 2 aliphatic heterocycles. The lowest BCUT2D eigenvalue weighted by molar-refractivity contribution is -0.303. The van der Waals surface area contributed by atoms with Crippen molar-refractivity contribution in [2.24, 2.45) is 11.3 Å². The zero-order valence-electron chi connectivity index (χ0n) is 17.7. The molecule has 1 aromatic rings. The van der Waals surface area contributed by atoms with E-state index >= 15 is 0 Å². The first kappa shape index (κ1) is 20.5. The van der Waals surface area contributed by atoms with Crippen molar-refractivity contribution >= 4 is 5.78 Å². The highest BCUT2D eigenvalue weighted by Crippen LogP contribution is 2.64. The molecule has 2 fully saturated rings. The van der Waals surface area contributed by atoms with E-state index < -0.39 is 35.1 Å². The number of ketones is 1. The Kier molecular flexibility index (Phi) is 4.50. The van der Waals surface area contributed by atoms with E-state index in [9.17, 15) is 24.9 Å². The van der Waals surface area contributed by atoms with Crippen LogP contribution in [0.25, 0.3) is 0 Å². The lowest BCUT2D eigenvalue weighted by Gasteiger charge is -2.63. The van der Waals surface area contributed by atoms with Crippen LogP contribution < -0.4 is 5.43 Å². The summed E-state index contributed by atoms with van der Waals surface area (Å²) >= 11 is 0. The summed E-state index contributed by atoms with van der Waals surface area (Å²) in [6, 6.07) is 1.70. The van der Waals surface area contributed by atoms with Gasteiger partial charge in [-0.25, -0.2) is 0 Å². The number of ether oxygens (including phenoxy) is 1. The van der Waals surface area contributed by atoms with E-state index in [4.69, 9.17) is 4.74 Å². The van der Waals surface area contributed by atoms with Gasteiger partial charge in [-0.05, 0) is 48.3 Å². The summed E-state index contributed by atoms with van der Waals surface area (Å²) < 4.78 is 5.85. The fourth-order valence-corrected chi connectivity index (χ4v) is 6.35. The summed E-state index contributed by atoms with van der Waals surface area (Å²) in [5, 5.41) is 33.2. The number of fused-ring (bicyclic) bond motifs is 1. The monoisotopic (exact) mass is 402 g/mol. The van der Waals surface area contributed by atoms with Gasteiger partial charge in [0.15, 0.2) is 17.5 Å². The number of hydrogen-bond donors (Lipinski definition) is 3. The molecule has 0 amide bonds. The number of aromatic hydroxyl groups is 1. The summed E-state index contributed by atoms with van der Waals surface area (Å²) in [5.41, 5.74) is -0.899. The van der Waals surface area contributed by atoms with Gasteiger partial charge in [0.2, 0.25) is 0 Å². The molecule has 1 saturated carbocycles. The molecule has 29 heavy (non-hydrogen) atoms. The average Bonchev–Trinajstić information content (AvgIpc) is 2.71. The van der Waals surface area contributed by atoms with E-state index in [1.807, 2.05) is 27.7 Å². The molecule has 0 aromatic heterocycles. The Bertz CT molecular complexity index is 949. The summed E-state index contributed by atoms with van der Waals surface area (Å²) in [7, 11) is 0. The molecule has 3 N–H and O–H groups in total. The second-order valence-corrected chi connectivity index (χ2v) is 9.95. The highest BCUT2D eigenvalue weighted by Gasteiger charge is 2.67. The number of Topliss-reactive ketones (excluding diaryl/α,β-unsaturated/α-hetero) is 1. The van der Waals surface area contributed by atoms with E-state index in [0.717, 1.165) is 12.8 Å². The van der Waals surface area contributed by atoms with Gasteiger partial charge in [0.25, 0.3) is 0 Å². The smallest absolute Gasteiger partial charge is 0.197 e. The fourth-order valence-electron chi connectivity index (χ4n) is 6.35. The molecule has 5 atom stereocenters. The Morgan fingerprint density at radius 3 is 2.48 bits per heavy atom. The molecular formula is C23H30O6. The molecule has 5 rings (SSSR count). The molecule has 158 valence electrons. The Balaban J connectivity index is 2.19. The van der Waals surface area contributed by atoms with Gasteiger partial charge in [-0.2, -0.15) is 0 Å². The van der Waals surface area contributed by atoms with Gasteiger partial charge in [0, 0.05) is 11.5 Å². The molecular weight excluding hydrogens is 372 g/mol. The van der Waals surface area contributed by atoms with E-state index in [1.165, 1.54) is 6.92 Å². The maximum Gasteiger partial charge on any atom is 0.197 e. The van der Waals surface area contributed by atoms with Crippen LogP contribution in [0.15, 0.2) is 10.9 Å². The SMILES string of the molecule is CC(=O)c1c(O)c(C(C)C)cc2c(c1=O)[C@@]13CCCC(C)(C)[C@@H]1[C@@H](O)[C@@H]2O[C@@H]3O. The second kappa shape index (κ2) is 6.37. The maximum absolute atomic E-state index is 13.7. The van der Waals surface area contributed by atoms with E-state index in [0.29, 0.717) is 23.1 Å². The molecule has 1 saturated heterocycles. The number of rotatable bonds is 2. The summed E-state index contributed by atoms with van der Waals surface area (Å²) in [4.78, 5) is 26.1. The topological polar surface area (TPSA) is 104 Å². The largest absolute Gasteiger partial charge is 0.507 e. The van der Waals surface area contributed by atoms with Crippen molar-refractivity contribution in [2.45, 2.75) is 83.7 Å². The number of carbonyl (C=O) groups is 1. The highest BCUT2D eigenvalue weighted by molar-refractivity contribution is 5.97. The van der Waals surface area contributed by atoms with Crippen LogP contribution >= 0.6 is 0 Å². The van der Waals surface area contributed by atoms with Crippen LogP contribution in [0.1, 0.15) is 93.0 Å². The highest BCUT2D eigenvalue weighted by atomic mass is 16.6. The lowest BCUT2D eigenvalue weighted by Crippen LogP contribution is -2.68. The third kappa shape index (κ3) is 2.52. The molecule has 2 aliphatic carbocycles. The number of aliphatic hydroxyl groups is 2. The zero-order chi connectivity index (χ0) is 21.5. The maximum atomic E-state index is 13.7. The van der Waals surface area contributed by atoms with Gasteiger partial charge in [-0.1, -0.05) is 34.1 Å². The minimum atomic E-state index is -1.24. The van der Waals surface area contributed by atoms with E-state index in [2.05, 4.69) is 0 Å². The second-order valence-electron chi connectivity index (χ2n) is 9.95. The van der Waals surface area contributed by atoms with Crippen LogP contribution in [0.2, 0.25) is 0 Å². The third-order valence-electron chi connectivity index (χ3n) is 7.49. The van der Waals surface area contributed by atoms with Crippen molar-refractivity contribution in [1.29, 1.82) is 0 Å². The zero-order valence-corrected chi connectivity index (χ0v) is 17.7. The van der Waals surface area contributed by atoms with Crippen LogP contribution in [0.5, 0.6) is 5.75 Å². The Morgan fingerprint density at radius 1 is 1.24 bits per heavy atom. The van der Waals surface area contributed by atoms with Crippen molar-refractivity contribution in [1.82, 2.24) is 0 Å². The lowest BCUT2D eigenvalue weighted by atomic mass is 9.46. The van der Waals surface area contributed by atoms with Gasteiger partial charge < -0.3 is 20.1 Å². The summed E-state index contributed by atoms with van der Waals surface area (Å²) in [6.07, 6.45) is -0.898. The molecule has 0 radical (unpaired) electrons. The molecule has 6 heteroatoms. The Labute approximate surface area is 170 Å². The molecule has 2 heterocycles. The first-order valence-corrected chi connectivity index (χ1v) is 10.4. The van der Waals surface area contributed by atoms with Gasteiger partial charge >= 0.3 is 0 Å². The average molecular weight is 402 g/mol. The molecule has 1 aromatic carbocycles. The van der Waals surface area contributed by atoms with Crippen molar-refractivity contribution in [2.75, 3.05) is 0 Å². The van der Waals surface area contributed by atoms with E-state index in [1.54, 1.807) is 6.07 Å².